The van der Waals surface area contributed by atoms with Gasteiger partial charge in [-0.15, -0.1) is 0 Å². The van der Waals surface area contributed by atoms with Crippen molar-refractivity contribution in [3.8, 4) is 0 Å². The van der Waals surface area contributed by atoms with E-state index in [-0.39, 0.29) is 0 Å². The second-order valence-corrected chi connectivity index (χ2v) is 1.74. The normalized spacial score (nSPS) is 8.36. The van der Waals surface area contributed by atoms with Crippen LogP contribution in [0.1, 0.15) is 0 Å². The van der Waals surface area contributed by atoms with Crippen LogP contribution in [-0.2, 0) is 19.1 Å². The first-order chi connectivity index (χ1) is 6.43. The molecule has 0 bridgehead atoms. The number of carboxylic acids is 2. The maximum Gasteiger partial charge on any atom is 0.329 e. The number of ether oxygens (including phenoxy) is 1. The number of carbonyl (C=O) groups excluding carboxylic acids is 1. The highest BCUT2D eigenvalue weighted by Gasteiger charge is 1.88. The molecule has 0 spiro atoms. The van der Waals surface area contributed by atoms with E-state index in [1.807, 2.05) is 0 Å². The molecule has 0 amide bonds. The molecular weight excluding hydrogens is 192 g/mol. The van der Waals surface area contributed by atoms with E-state index in [0.717, 1.165) is 6.08 Å². The van der Waals surface area contributed by atoms with Gasteiger partial charge >= 0.3 is 17.9 Å². The van der Waals surface area contributed by atoms with Crippen molar-refractivity contribution < 1.29 is 29.3 Å². The van der Waals surface area contributed by atoms with Crippen molar-refractivity contribution in [2.24, 2.45) is 0 Å². The predicted octanol–water partition coefficient (Wildman–Crippen LogP) is 0.0572. The Kier molecular flexibility index (Phi) is 9.25. The van der Waals surface area contributed by atoms with Crippen LogP contribution in [0, 0.1) is 0 Å². The lowest BCUT2D eigenvalue weighted by atomic mass is 10.5. The molecule has 0 aliphatic heterocycles. The second kappa shape index (κ2) is 8.98. The zero-order valence-electron chi connectivity index (χ0n) is 7.47. The van der Waals surface area contributed by atoms with Crippen LogP contribution < -0.4 is 0 Å². The van der Waals surface area contributed by atoms with Crippen LogP contribution in [0.15, 0.2) is 24.8 Å². The molecule has 0 aromatic rings. The maximum absolute atomic E-state index is 9.84. The number of methoxy groups -OCH3 is 1. The van der Waals surface area contributed by atoms with Crippen molar-refractivity contribution in [1.29, 1.82) is 0 Å². The summed E-state index contributed by atoms with van der Waals surface area (Å²) >= 11 is 0. The number of carboxylic acid groups (broad SMARTS) is 2. The molecule has 0 radical (unpaired) electrons. The van der Waals surface area contributed by atoms with Gasteiger partial charge in [0.15, 0.2) is 0 Å². The van der Waals surface area contributed by atoms with Gasteiger partial charge in [0, 0.05) is 18.2 Å². The van der Waals surface area contributed by atoms with Gasteiger partial charge in [-0.05, 0) is 0 Å². The average Bonchev–Trinajstić information content (AvgIpc) is 2.14. The van der Waals surface area contributed by atoms with E-state index in [1.165, 1.54) is 7.11 Å². The molecule has 14 heavy (non-hydrogen) atoms. The zero-order valence-corrected chi connectivity index (χ0v) is 7.47. The number of aliphatic carboxylic acids is 2. The average molecular weight is 202 g/mol. The minimum Gasteiger partial charge on any atom is -0.478 e. The SMILES string of the molecule is C=CC(=O)OC.O=C(O)/C=C\C(=O)O. The summed E-state index contributed by atoms with van der Waals surface area (Å²) in [5.74, 6) is -2.91. The molecule has 2 N–H and O–H groups in total. The summed E-state index contributed by atoms with van der Waals surface area (Å²) in [6.45, 7) is 3.16. The van der Waals surface area contributed by atoms with Crippen LogP contribution in [0.25, 0.3) is 0 Å². The molecule has 0 unspecified atom stereocenters. The van der Waals surface area contributed by atoms with Gasteiger partial charge in [-0.1, -0.05) is 6.58 Å². The first-order valence-corrected chi connectivity index (χ1v) is 3.28. The Balaban J connectivity index is 0. The molecule has 0 saturated carbocycles. The Labute approximate surface area is 80.1 Å². The summed E-state index contributed by atoms with van der Waals surface area (Å²) in [6.07, 6.45) is 2.23. The lowest BCUT2D eigenvalue weighted by molar-refractivity contribution is -0.135. The molecule has 0 rings (SSSR count). The van der Waals surface area contributed by atoms with Crippen molar-refractivity contribution >= 4 is 17.9 Å². The molecule has 0 heterocycles. The molecule has 0 aromatic heterocycles. The highest BCUT2D eigenvalue weighted by Crippen LogP contribution is 1.70. The molecule has 0 fully saturated rings. The van der Waals surface area contributed by atoms with E-state index in [4.69, 9.17) is 10.2 Å². The Morgan fingerprint density at radius 3 is 1.57 bits per heavy atom. The number of esters is 1. The molecule has 78 valence electrons. The Hall–Kier alpha value is -2.11. The van der Waals surface area contributed by atoms with E-state index in [2.05, 4.69) is 11.3 Å². The van der Waals surface area contributed by atoms with Gasteiger partial charge < -0.3 is 14.9 Å². The second-order valence-electron chi connectivity index (χ2n) is 1.74. The molecule has 0 atom stereocenters. The predicted molar refractivity (Wildman–Crippen MR) is 46.6 cm³/mol. The van der Waals surface area contributed by atoms with Gasteiger partial charge in [-0.2, -0.15) is 0 Å². The summed E-state index contributed by atoms with van der Waals surface area (Å²) in [4.78, 5) is 28.9. The largest absolute Gasteiger partial charge is 0.478 e. The van der Waals surface area contributed by atoms with Gasteiger partial charge in [-0.25, -0.2) is 14.4 Å². The number of hydrogen-bond acceptors (Lipinski definition) is 4. The van der Waals surface area contributed by atoms with Crippen LogP contribution >= 0.6 is 0 Å². The van der Waals surface area contributed by atoms with Crippen LogP contribution in [0.3, 0.4) is 0 Å². The molecule has 0 aliphatic rings. The zero-order chi connectivity index (χ0) is 11.6. The summed E-state index contributed by atoms with van der Waals surface area (Å²) < 4.78 is 4.14. The standard InChI is InChI=1S/C4H4O4.C4H6O2/c5-3(6)1-2-4(7)8;1-3-4(5)6-2/h1-2H,(H,5,6)(H,7,8);3H,1H2,2H3/b2-1-;. The van der Waals surface area contributed by atoms with Crippen molar-refractivity contribution in [2.45, 2.75) is 0 Å². The fourth-order valence-corrected chi connectivity index (χ4v) is 0.226. The highest BCUT2D eigenvalue weighted by molar-refractivity contribution is 5.89. The lowest BCUT2D eigenvalue weighted by Gasteiger charge is -1.83. The minimum absolute atomic E-state index is 0.394. The third-order valence-electron chi connectivity index (χ3n) is 0.736. The van der Waals surface area contributed by atoms with Gasteiger partial charge in [-0.3, -0.25) is 0 Å². The van der Waals surface area contributed by atoms with Crippen LogP contribution in [0.2, 0.25) is 0 Å². The van der Waals surface area contributed by atoms with Crippen LogP contribution in [-0.4, -0.2) is 35.2 Å². The topological polar surface area (TPSA) is 101 Å². The quantitative estimate of drug-likeness (QED) is 0.495. The molecular formula is C8H10O6. The summed E-state index contributed by atoms with van der Waals surface area (Å²) in [7, 11) is 1.31. The minimum atomic E-state index is -1.26. The van der Waals surface area contributed by atoms with Gasteiger partial charge in [0.1, 0.15) is 0 Å². The Morgan fingerprint density at radius 1 is 1.14 bits per heavy atom. The lowest BCUT2D eigenvalue weighted by Crippen LogP contribution is -1.91. The van der Waals surface area contributed by atoms with Crippen molar-refractivity contribution in [3.63, 3.8) is 0 Å². The van der Waals surface area contributed by atoms with Crippen LogP contribution in [0.4, 0.5) is 0 Å². The first-order valence-electron chi connectivity index (χ1n) is 3.28. The number of rotatable bonds is 3. The monoisotopic (exact) mass is 202 g/mol. The molecule has 0 aromatic carbocycles. The number of carbonyl (C=O) groups is 3. The summed E-state index contributed by atoms with van der Waals surface area (Å²) in [5.41, 5.74) is 0. The van der Waals surface area contributed by atoms with E-state index < -0.39 is 17.9 Å². The van der Waals surface area contributed by atoms with E-state index in [1.54, 1.807) is 0 Å². The van der Waals surface area contributed by atoms with Gasteiger partial charge in [0.05, 0.1) is 7.11 Å². The molecule has 6 nitrogen and oxygen atoms in total. The maximum atomic E-state index is 9.84. The van der Waals surface area contributed by atoms with Gasteiger partial charge in [0.25, 0.3) is 0 Å². The fourth-order valence-electron chi connectivity index (χ4n) is 0.226. The van der Waals surface area contributed by atoms with E-state index >= 15 is 0 Å². The third kappa shape index (κ3) is 16.5. The third-order valence-corrected chi connectivity index (χ3v) is 0.736. The van der Waals surface area contributed by atoms with Crippen molar-refractivity contribution in [3.05, 3.63) is 24.8 Å². The Morgan fingerprint density at radius 2 is 1.50 bits per heavy atom. The fraction of sp³-hybridized carbons (Fsp3) is 0.125. The highest BCUT2D eigenvalue weighted by atomic mass is 16.5. The summed E-state index contributed by atoms with van der Waals surface area (Å²) in [5, 5.41) is 15.6. The van der Waals surface area contributed by atoms with Crippen molar-refractivity contribution in [2.75, 3.05) is 7.11 Å². The summed E-state index contributed by atoms with van der Waals surface area (Å²) in [6, 6.07) is 0. The molecule has 6 heteroatoms. The van der Waals surface area contributed by atoms with Crippen LogP contribution in [0.5, 0.6) is 0 Å². The van der Waals surface area contributed by atoms with Gasteiger partial charge in [0.2, 0.25) is 0 Å². The first kappa shape index (κ1) is 14.4. The van der Waals surface area contributed by atoms with E-state index in [9.17, 15) is 14.4 Å². The molecule has 0 saturated heterocycles. The Bertz CT molecular complexity index is 237. The molecule has 0 aliphatic carbocycles. The van der Waals surface area contributed by atoms with Crippen molar-refractivity contribution in [1.82, 2.24) is 0 Å². The smallest absolute Gasteiger partial charge is 0.329 e. The number of hydrogen-bond donors (Lipinski definition) is 2. The van der Waals surface area contributed by atoms with E-state index in [0.29, 0.717) is 12.2 Å².